The summed E-state index contributed by atoms with van der Waals surface area (Å²) in [5.41, 5.74) is 5.81. The predicted octanol–water partition coefficient (Wildman–Crippen LogP) is 10.3. The Kier molecular flexibility index (Phi) is 6.32. The van der Waals surface area contributed by atoms with Gasteiger partial charge in [-0.2, -0.15) is 0 Å². The average molecular weight is 643 g/mol. The minimum absolute atomic E-state index is 0.256. The van der Waals surface area contributed by atoms with Crippen molar-refractivity contribution < 1.29 is 14.0 Å². The molecular formula is C44H35O3P. The molecule has 0 radical (unpaired) electrons. The first-order chi connectivity index (χ1) is 23.3. The van der Waals surface area contributed by atoms with Crippen LogP contribution in [-0.2, 0) is 15.4 Å². The third-order valence-electron chi connectivity index (χ3n) is 10.7. The molecule has 0 N–H and O–H groups in total. The smallest absolute Gasteiger partial charge is 0.177 e. The molecule has 0 spiro atoms. The lowest BCUT2D eigenvalue weighted by molar-refractivity contribution is 0.362. The van der Waals surface area contributed by atoms with Gasteiger partial charge >= 0.3 is 0 Å². The van der Waals surface area contributed by atoms with Crippen molar-refractivity contribution in [2.45, 2.75) is 38.0 Å². The van der Waals surface area contributed by atoms with Crippen molar-refractivity contribution in [1.29, 1.82) is 0 Å². The molecule has 0 saturated heterocycles. The lowest BCUT2D eigenvalue weighted by Gasteiger charge is -2.37. The second kappa shape index (κ2) is 10.4. The van der Waals surface area contributed by atoms with Crippen LogP contribution in [0.5, 0.6) is 23.0 Å². The van der Waals surface area contributed by atoms with Gasteiger partial charge in [0.15, 0.2) is 30.1 Å². The molecule has 1 unspecified atom stereocenters. The molecule has 9 rings (SSSR count). The monoisotopic (exact) mass is 642 g/mol. The van der Waals surface area contributed by atoms with E-state index in [1.807, 2.05) is 84.9 Å². The summed E-state index contributed by atoms with van der Waals surface area (Å²) in [6, 6.07) is 44.9. The van der Waals surface area contributed by atoms with Crippen LogP contribution in [0.25, 0.3) is 16.3 Å². The number of fused-ring (bicyclic) bond motifs is 6. The van der Waals surface area contributed by atoms with Crippen LogP contribution in [0.15, 0.2) is 151 Å². The van der Waals surface area contributed by atoms with E-state index in [1.165, 1.54) is 27.8 Å². The van der Waals surface area contributed by atoms with Crippen molar-refractivity contribution in [3.63, 3.8) is 0 Å². The van der Waals surface area contributed by atoms with Gasteiger partial charge in [0.2, 0.25) is 0 Å². The molecule has 2 aliphatic carbocycles. The number of allylic oxidation sites excluding steroid dienone is 4. The van der Waals surface area contributed by atoms with Gasteiger partial charge in [0.05, 0.1) is 0 Å². The maximum Gasteiger partial charge on any atom is 0.177 e. The molecular weight excluding hydrogens is 607 g/mol. The Balaban J connectivity index is 1.14. The van der Waals surface area contributed by atoms with Crippen LogP contribution >= 0.6 is 7.14 Å². The molecule has 3 aliphatic rings. The third-order valence-corrected chi connectivity index (χ3v) is 13.7. The van der Waals surface area contributed by atoms with E-state index in [-0.39, 0.29) is 10.8 Å². The molecule has 1 atom stereocenters. The predicted molar refractivity (Wildman–Crippen MR) is 197 cm³/mol. The minimum atomic E-state index is -3.10. The molecule has 0 amide bonds. The zero-order valence-corrected chi connectivity index (χ0v) is 28.1. The van der Waals surface area contributed by atoms with E-state index in [0.717, 1.165) is 56.1 Å². The Morgan fingerprint density at radius 1 is 0.583 bits per heavy atom. The fraction of sp³-hybridized carbons (Fsp3) is 0.136. The number of rotatable bonds is 4. The standard InChI is InChI=1S/C44H35O3P/c1-43(2)36-26-31(48(45,29-14-6-4-7-15-29)30-16-8-5-9-17-30)22-23-33(36)34-24-25-44(3,28-38(34)43)37-27-41-42(35-19-11-10-18-32(35)37)47-40-21-13-12-20-39(40)46-41/h4-27H,28H2,1-3H3. The van der Waals surface area contributed by atoms with E-state index in [0.29, 0.717) is 0 Å². The van der Waals surface area contributed by atoms with Gasteiger partial charge in [0, 0.05) is 32.1 Å². The zero-order chi connectivity index (χ0) is 32.7. The number of hydrogen-bond donors (Lipinski definition) is 0. The molecule has 0 aromatic heterocycles. The maximum atomic E-state index is 15.3. The highest BCUT2D eigenvalue weighted by atomic mass is 31.2. The van der Waals surface area contributed by atoms with Crippen LogP contribution in [0.4, 0.5) is 0 Å². The third kappa shape index (κ3) is 4.17. The topological polar surface area (TPSA) is 35.5 Å². The fourth-order valence-electron chi connectivity index (χ4n) is 8.07. The van der Waals surface area contributed by atoms with Crippen LogP contribution in [0.2, 0.25) is 0 Å². The minimum Gasteiger partial charge on any atom is -0.449 e. The summed E-state index contributed by atoms with van der Waals surface area (Å²) in [5, 5.41) is 4.79. The molecule has 1 heterocycles. The molecule has 6 aromatic rings. The molecule has 0 saturated carbocycles. The summed E-state index contributed by atoms with van der Waals surface area (Å²) < 4.78 is 28.2. The van der Waals surface area contributed by atoms with Crippen molar-refractivity contribution in [1.82, 2.24) is 0 Å². The van der Waals surface area contributed by atoms with E-state index in [1.54, 1.807) is 0 Å². The normalized spacial score (nSPS) is 18.7. The Bertz CT molecular complexity index is 2340. The van der Waals surface area contributed by atoms with Crippen molar-refractivity contribution in [2.75, 3.05) is 0 Å². The summed E-state index contributed by atoms with van der Waals surface area (Å²) in [7, 11) is -3.10. The van der Waals surface area contributed by atoms with Crippen LogP contribution < -0.4 is 25.4 Å². The van der Waals surface area contributed by atoms with E-state index >= 15 is 4.57 Å². The van der Waals surface area contributed by atoms with Crippen LogP contribution in [0.1, 0.15) is 43.9 Å². The number of ether oxygens (including phenoxy) is 2. The highest BCUT2D eigenvalue weighted by molar-refractivity contribution is 7.85. The first kappa shape index (κ1) is 29.1. The summed E-state index contributed by atoms with van der Waals surface area (Å²) in [4.78, 5) is 0. The lowest BCUT2D eigenvalue weighted by atomic mass is 9.67. The highest BCUT2D eigenvalue weighted by Crippen LogP contribution is 2.57. The van der Waals surface area contributed by atoms with E-state index in [9.17, 15) is 0 Å². The Hall–Kier alpha value is -5.11. The van der Waals surface area contributed by atoms with Crippen LogP contribution in [0.3, 0.4) is 0 Å². The Labute approximate surface area is 281 Å². The fourth-order valence-corrected chi connectivity index (χ4v) is 10.7. The van der Waals surface area contributed by atoms with E-state index < -0.39 is 7.14 Å². The first-order valence-electron chi connectivity index (χ1n) is 16.6. The summed E-state index contributed by atoms with van der Waals surface area (Å²) in [6.07, 6.45) is 5.54. The highest BCUT2D eigenvalue weighted by Gasteiger charge is 2.44. The van der Waals surface area contributed by atoms with Gasteiger partial charge < -0.3 is 14.0 Å². The maximum absolute atomic E-state index is 15.3. The number of hydrogen-bond acceptors (Lipinski definition) is 3. The molecule has 234 valence electrons. The average Bonchev–Trinajstić information content (AvgIpc) is 3.35. The van der Waals surface area contributed by atoms with Gasteiger partial charge in [-0.05, 0) is 58.3 Å². The molecule has 1 aliphatic heterocycles. The van der Waals surface area contributed by atoms with Gasteiger partial charge in [-0.3, -0.25) is 0 Å². The van der Waals surface area contributed by atoms with Gasteiger partial charge in [-0.25, -0.2) is 0 Å². The molecule has 6 aromatic carbocycles. The largest absolute Gasteiger partial charge is 0.449 e. The van der Waals surface area contributed by atoms with Gasteiger partial charge in [-0.1, -0.05) is 148 Å². The van der Waals surface area contributed by atoms with Gasteiger partial charge in [0.1, 0.15) is 0 Å². The van der Waals surface area contributed by atoms with Crippen molar-refractivity contribution in [3.8, 4) is 23.0 Å². The van der Waals surface area contributed by atoms with Crippen molar-refractivity contribution in [3.05, 3.63) is 168 Å². The summed E-state index contributed by atoms with van der Waals surface area (Å²) in [6.45, 7) is 6.99. The first-order valence-corrected chi connectivity index (χ1v) is 18.3. The SMILES string of the molecule is CC1(c2cc3c(c4ccccc24)Oc2ccccc2O3)C=CC2=C(C1)C(C)(C)c1cc(P(=O)(c3ccccc3)c3ccccc3)ccc12. The molecule has 48 heavy (non-hydrogen) atoms. The summed E-state index contributed by atoms with van der Waals surface area (Å²) >= 11 is 0. The molecule has 4 heteroatoms. The second-order valence-electron chi connectivity index (χ2n) is 13.9. The quantitative estimate of drug-likeness (QED) is 0.179. The zero-order valence-electron chi connectivity index (χ0n) is 27.2. The Morgan fingerprint density at radius 2 is 1.19 bits per heavy atom. The van der Waals surface area contributed by atoms with Crippen LogP contribution in [-0.4, -0.2) is 0 Å². The second-order valence-corrected chi connectivity index (χ2v) is 16.7. The van der Waals surface area contributed by atoms with E-state index in [2.05, 4.69) is 81.5 Å². The van der Waals surface area contributed by atoms with E-state index in [4.69, 9.17) is 9.47 Å². The van der Waals surface area contributed by atoms with Crippen molar-refractivity contribution >= 4 is 39.4 Å². The van der Waals surface area contributed by atoms with Gasteiger partial charge in [0.25, 0.3) is 0 Å². The van der Waals surface area contributed by atoms with Crippen LogP contribution in [0, 0.1) is 0 Å². The van der Waals surface area contributed by atoms with Crippen molar-refractivity contribution in [2.24, 2.45) is 0 Å². The lowest BCUT2D eigenvalue weighted by Crippen LogP contribution is -2.29. The molecule has 0 fully saturated rings. The Morgan fingerprint density at radius 3 is 1.88 bits per heavy atom. The number of para-hydroxylation sites is 2. The summed E-state index contributed by atoms with van der Waals surface area (Å²) in [5.74, 6) is 2.97. The molecule has 3 nitrogen and oxygen atoms in total. The number of benzene rings is 6. The molecule has 0 bridgehead atoms. The van der Waals surface area contributed by atoms with Gasteiger partial charge in [-0.15, -0.1) is 0 Å².